The van der Waals surface area contributed by atoms with Crippen molar-refractivity contribution in [1.29, 1.82) is 0 Å². The van der Waals surface area contributed by atoms with Crippen LogP contribution in [0.1, 0.15) is 23.0 Å². The van der Waals surface area contributed by atoms with Crippen molar-refractivity contribution in [1.82, 2.24) is 4.98 Å². The van der Waals surface area contributed by atoms with Crippen molar-refractivity contribution in [3.63, 3.8) is 0 Å². The summed E-state index contributed by atoms with van der Waals surface area (Å²) in [4.78, 5) is 16.4. The fourth-order valence-electron chi connectivity index (χ4n) is 1.38. The van der Waals surface area contributed by atoms with E-state index in [0.29, 0.717) is 22.1 Å². The molecule has 0 saturated heterocycles. The van der Waals surface area contributed by atoms with Crippen LogP contribution in [0.5, 0.6) is 0 Å². The van der Waals surface area contributed by atoms with Gasteiger partial charge in [0, 0.05) is 13.4 Å². The van der Waals surface area contributed by atoms with Crippen LogP contribution in [0.3, 0.4) is 0 Å². The number of rotatable bonds is 3. The Morgan fingerprint density at radius 3 is 3.00 bits per heavy atom. The second-order valence-electron chi connectivity index (χ2n) is 3.80. The van der Waals surface area contributed by atoms with E-state index in [-0.39, 0.29) is 5.91 Å². The molecule has 0 atom stereocenters. The lowest BCUT2D eigenvalue weighted by atomic mass is 10.2. The zero-order chi connectivity index (χ0) is 14.7. The van der Waals surface area contributed by atoms with Crippen molar-refractivity contribution in [2.24, 2.45) is 5.16 Å². The van der Waals surface area contributed by atoms with Gasteiger partial charge in [-0.25, -0.2) is 4.98 Å². The molecule has 0 unspecified atom stereocenters. The number of nitrogens with one attached hydrogen (secondary N) is 1. The molecule has 1 aromatic carbocycles. The first kappa shape index (κ1) is 15.4. The Hall–Kier alpha value is -1.000. The van der Waals surface area contributed by atoms with E-state index in [1.807, 2.05) is 12.1 Å². The van der Waals surface area contributed by atoms with Crippen molar-refractivity contribution in [3.05, 3.63) is 42.9 Å². The van der Waals surface area contributed by atoms with Crippen molar-refractivity contribution in [2.45, 2.75) is 6.92 Å². The number of thiazole rings is 1. The standard InChI is InChI=1S/C12H9BrIN3O2S/c1-6(17-19)10-5-20-12(15-10)16-11(18)8-4-7(14)2-3-9(8)13/h2-5,19H,1H3,(H,15,16,18)/b17-6-. The minimum absolute atomic E-state index is 0.241. The molecule has 0 radical (unpaired) electrons. The Labute approximate surface area is 141 Å². The van der Waals surface area contributed by atoms with Crippen LogP contribution in [0.25, 0.3) is 0 Å². The van der Waals surface area contributed by atoms with Gasteiger partial charge in [0.25, 0.3) is 5.91 Å². The fraction of sp³-hybridized carbons (Fsp3) is 0.0833. The quantitative estimate of drug-likeness (QED) is 0.312. The summed E-state index contributed by atoms with van der Waals surface area (Å²) < 4.78 is 1.69. The molecule has 0 aliphatic carbocycles. The van der Waals surface area contributed by atoms with Crippen molar-refractivity contribution in [3.8, 4) is 0 Å². The summed E-state index contributed by atoms with van der Waals surface area (Å²) >= 11 is 6.77. The highest BCUT2D eigenvalue weighted by atomic mass is 127. The molecule has 0 aliphatic rings. The van der Waals surface area contributed by atoms with E-state index in [1.165, 1.54) is 11.3 Å². The number of amides is 1. The Kier molecular flexibility index (Phi) is 5.11. The van der Waals surface area contributed by atoms with Crippen molar-refractivity contribution in [2.75, 3.05) is 5.32 Å². The molecule has 2 aromatic rings. The molecule has 0 bridgehead atoms. The number of benzene rings is 1. The van der Waals surface area contributed by atoms with Gasteiger partial charge in [0.2, 0.25) is 0 Å². The summed E-state index contributed by atoms with van der Waals surface area (Å²) in [5, 5.41) is 16.7. The van der Waals surface area contributed by atoms with Gasteiger partial charge in [0.15, 0.2) is 5.13 Å². The zero-order valence-electron chi connectivity index (χ0n) is 10.2. The van der Waals surface area contributed by atoms with Gasteiger partial charge >= 0.3 is 0 Å². The average molecular weight is 466 g/mol. The molecule has 0 saturated carbocycles. The molecule has 1 aromatic heterocycles. The van der Waals surface area contributed by atoms with E-state index in [9.17, 15) is 4.79 Å². The van der Waals surface area contributed by atoms with Crippen LogP contribution >= 0.6 is 49.9 Å². The maximum absolute atomic E-state index is 12.2. The van der Waals surface area contributed by atoms with E-state index in [2.05, 4.69) is 54.0 Å². The molecule has 8 heteroatoms. The minimum Gasteiger partial charge on any atom is -0.411 e. The molecule has 0 aliphatic heterocycles. The number of anilines is 1. The van der Waals surface area contributed by atoms with Gasteiger partial charge in [0.05, 0.1) is 5.56 Å². The number of hydrogen-bond donors (Lipinski definition) is 2. The first-order valence-electron chi connectivity index (χ1n) is 5.42. The lowest BCUT2D eigenvalue weighted by Crippen LogP contribution is -2.13. The van der Waals surface area contributed by atoms with Crippen LogP contribution in [0.15, 0.2) is 33.2 Å². The summed E-state index contributed by atoms with van der Waals surface area (Å²) in [6.07, 6.45) is 0. The van der Waals surface area contributed by atoms with E-state index in [0.717, 1.165) is 8.04 Å². The zero-order valence-corrected chi connectivity index (χ0v) is 14.8. The topological polar surface area (TPSA) is 74.6 Å². The van der Waals surface area contributed by atoms with E-state index >= 15 is 0 Å². The largest absolute Gasteiger partial charge is 0.411 e. The van der Waals surface area contributed by atoms with Crippen LogP contribution < -0.4 is 5.32 Å². The van der Waals surface area contributed by atoms with Gasteiger partial charge in [-0.2, -0.15) is 0 Å². The summed E-state index contributed by atoms with van der Waals surface area (Å²) in [7, 11) is 0. The average Bonchev–Trinajstić information content (AvgIpc) is 2.89. The third-order valence-corrected chi connectivity index (χ3v) is 4.54. The number of aromatic nitrogens is 1. The number of halogens is 2. The van der Waals surface area contributed by atoms with Crippen molar-refractivity contribution < 1.29 is 10.0 Å². The maximum atomic E-state index is 12.2. The molecule has 2 rings (SSSR count). The molecule has 1 amide bonds. The van der Waals surface area contributed by atoms with Gasteiger partial charge in [0.1, 0.15) is 11.4 Å². The summed E-state index contributed by atoms with van der Waals surface area (Å²) in [5.74, 6) is -0.241. The number of oxime groups is 1. The second-order valence-corrected chi connectivity index (χ2v) is 6.76. The molecular formula is C12H9BrIN3O2S. The fourth-order valence-corrected chi connectivity index (χ4v) is 3.05. The number of carbonyl (C=O) groups is 1. The predicted octanol–water partition coefficient (Wildman–Crippen LogP) is 3.96. The SMILES string of the molecule is C/C(=N/O)c1csc(NC(=O)c2cc(I)ccc2Br)n1. The second kappa shape index (κ2) is 6.64. The minimum atomic E-state index is -0.241. The predicted molar refractivity (Wildman–Crippen MR) is 90.9 cm³/mol. The molecule has 0 fully saturated rings. The van der Waals surface area contributed by atoms with Crippen LogP contribution in [-0.2, 0) is 0 Å². The maximum Gasteiger partial charge on any atom is 0.258 e. The Morgan fingerprint density at radius 1 is 1.55 bits per heavy atom. The Balaban J connectivity index is 2.19. The van der Waals surface area contributed by atoms with Crippen molar-refractivity contribution >= 4 is 66.6 Å². The lowest BCUT2D eigenvalue weighted by Gasteiger charge is -2.04. The molecule has 0 spiro atoms. The van der Waals surface area contributed by atoms with E-state index in [1.54, 1.807) is 18.4 Å². The third kappa shape index (κ3) is 3.55. The van der Waals surface area contributed by atoms with Gasteiger partial charge in [-0.15, -0.1) is 11.3 Å². The first-order valence-corrected chi connectivity index (χ1v) is 8.17. The van der Waals surface area contributed by atoms with Crippen LogP contribution in [0.4, 0.5) is 5.13 Å². The smallest absolute Gasteiger partial charge is 0.258 e. The van der Waals surface area contributed by atoms with E-state index < -0.39 is 0 Å². The summed E-state index contributed by atoms with van der Waals surface area (Å²) in [5.41, 5.74) is 1.48. The highest BCUT2D eigenvalue weighted by molar-refractivity contribution is 14.1. The number of carbonyl (C=O) groups excluding carboxylic acids is 1. The highest BCUT2D eigenvalue weighted by Crippen LogP contribution is 2.22. The molecule has 1 heterocycles. The lowest BCUT2D eigenvalue weighted by molar-refractivity contribution is 0.102. The molecule has 5 nitrogen and oxygen atoms in total. The first-order chi connectivity index (χ1) is 9.51. The monoisotopic (exact) mass is 465 g/mol. The summed E-state index contributed by atoms with van der Waals surface area (Å²) in [6.45, 7) is 1.64. The third-order valence-electron chi connectivity index (χ3n) is 2.42. The molecule has 20 heavy (non-hydrogen) atoms. The number of nitrogens with zero attached hydrogens (tertiary/aromatic N) is 2. The Bertz CT molecular complexity index is 687. The van der Waals surface area contributed by atoms with E-state index in [4.69, 9.17) is 5.21 Å². The normalized spacial score (nSPS) is 11.4. The number of hydrogen-bond acceptors (Lipinski definition) is 5. The highest BCUT2D eigenvalue weighted by Gasteiger charge is 2.13. The van der Waals surface area contributed by atoms with Crippen LogP contribution in [0, 0.1) is 3.57 Å². The van der Waals surface area contributed by atoms with Crippen LogP contribution in [-0.4, -0.2) is 21.8 Å². The van der Waals surface area contributed by atoms with Gasteiger partial charge in [-0.1, -0.05) is 5.16 Å². The van der Waals surface area contributed by atoms with Gasteiger partial charge < -0.3 is 5.21 Å². The molecular weight excluding hydrogens is 457 g/mol. The van der Waals surface area contributed by atoms with Gasteiger partial charge in [-0.05, 0) is 63.6 Å². The molecule has 104 valence electrons. The summed E-state index contributed by atoms with van der Waals surface area (Å²) in [6, 6.07) is 5.52. The van der Waals surface area contributed by atoms with Gasteiger partial charge in [-0.3, -0.25) is 10.1 Å². The Morgan fingerprint density at radius 2 is 2.30 bits per heavy atom. The molecule has 2 N–H and O–H groups in total. The van der Waals surface area contributed by atoms with Crippen LogP contribution in [0.2, 0.25) is 0 Å².